The Morgan fingerprint density at radius 2 is 1.85 bits per heavy atom. The highest BCUT2D eigenvalue weighted by atomic mass is 16.7. The zero-order chi connectivity index (χ0) is 14.8. The first kappa shape index (κ1) is 19.3. The Bertz CT molecular complexity index is 316. The topological polar surface area (TPSA) is 108 Å². The van der Waals surface area contributed by atoms with Crippen molar-refractivity contribution < 1.29 is 29.6 Å². The van der Waals surface area contributed by atoms with Gasteiger partial charge in [0.05, 0.1) is 12.2 Å². The molecule has 1 amide bonds. The SMILES string of the molecule is C.CC(=O)NC1[C@H](OC(C)(C)C)OC(CO)[C@H](O)[C@@H]1O. The van der Waals surface area contributed by atoms with Crippen molar-refractivity contribution in [2.45, 2.75) is 71.4 Å². The molecule has 1 rings (SSSR count). The molecule has 5 atom stereocenters. The molecule has 120 valence electrons. The summed E-state index contributed by atoms with van der Waals surface area (Å²) in [5, 5.41) is 31.4. The number of carbonyl (C=O) groups excluding carboxylic acids is 1. The monoisotopic (exact) mass is 293 g/mol. The minimum absolute atomic E-state index is 0. The number of hydrogen-bond acceptors (Lipinski definition) is 6. The molecular weight excluding hydrogens is 266 g/mol. The van der Waals surface area contributed by atoms with Crippen LogP contribution < -0.4 is 5.32 Å². The average molecular weight is 293 g/mol. The van der Waals surface area contributed by atoms with Crippen LogP contribution in [0.5, 0.6) is 0 Å². The van der Waals surface area contributed by atoms with Crippen molar-refractivity contribution in [3.8, 4) is 0 Å². The number of ether oxygens (including phenoxy) is 2. The molecule has 4 N–H and O–H groups in total. The van der Waals surface area contributed by atoms with Crippen molar-refractivity contribution >= 4 is 5.91 Å². The van der Waals surface area contributed by atoms with Gasteiger partial charge in [-0.25, -0.2) is 0 Å². The lowest BCUT2D eigenvalue weighted by atomic mass is 9.96. The van der Waals surface area contributed by atoms with Crippen LogP contribution in [0.4, 0.5) is 0 Å². The van der Waals surface area contributed by atoms with E-state index in [4.69, 9.17) is 14.6 Å². The fourth-order valence-electron chi connectivity index (χ4n) is 1.92. The van der Waals surface area contributed by atoms with E-state index in [0.717, 1.165) is 0 Å². The lowest BCUT2D eigenvalue weighted by Crippen LogP contribution is -2.65. The van der Waals surface area contributed by atoms with Crippen molar-refractivity contribution in [1.29, 1.82) is 0 Å². The number of hydrogen-bond donors (Lipinski definition) is 4. The van der Waals surface area contributed by atoms with Crippen LogP contribution in [0.15, 0.2) is 0 Å². The molecular formula is C13H27NO6. The van der Waals surface area contributed by atoms with E-state index in [1.807, 2.05) is 0 Å². The first-order valence-corrected chi connectivity index (χ1v) is 6.23. The quantitative estimate of drug-likeness (QED) is 0.552. The number of carbonyl (C=O) groups is 1. The zero-order valence-corrected chi connectivity index (χ0v) is 11.7. The third-order valence-electron chi connectivity index (χ3n) is 2.72. The second kappa shape index (κ2) is 7.33. The van der Waals surface area contributed by atoms with Gasteiger partial charge in [0, 0.05) is 6.92 Å². The van der Waals surface area contributed by atoms with Crippen molar-refractivity contribution in [3.05, 3.63) is 0 Å². The highest BCUT2D eigenvalue weighted by Crippen LogP contribution is 2.25. The minimum Gasteiger partial charge on any atom is -0.394 e. The maximum atomic E-state index is 11.2. The second-order valence-corrected chi connectivity index (χ2v) is 5.66. The number of amides is 1. The fourth-order valence-corrected chi connectivity index (χ4v) is 1.92. The van der Waals surface area contributed by atoms with Crippen LogP contribution in [-0.2, 0) is 14.3 Å². The van der Waals surface area contributed by atoms with E-state index in [0.29, 0.717) is 0 Å². The molecule has 0 bridgehead atoms. The van der Waals surface area contributed by atoms with E-state index in [1.54, 1.807) is 20.8 Å². The van der Waals surface area contributed by atoms with Gasteiger partial charge in [0.15, 0.2) is 6.29 Å². The van der Waals surface area contributed by atoms with Crippen molar-refractivity contribution in [1.82, 2.24) is 5.32 Å². The van der Waals surface area contributed by atoms with Gasteiger partial charge in [-0.05, 0) is 20.8 Å². The van der Waals surface area contributed by atoms with E-state index in [2.05, 4.69) is 5.32 Å². The zero-order valence-electron chi connectivity index (χ0n) is 11.7. The van der Waals surface area contributed by atoms with Crippen LogP contribution in [0.3, 0.4) is 0 Å². The summed E-state index contributed by atoms with van der Waals surface area (Å²) in [6.45, 7) is 6.24. The van der Waals surface area contributed by atoms with E-state index in [-0.39, 0.29) is 13.3 Å². The Morgan fingerprint density at radius 1 is 1.30 bits per heavy atom. The van der Waals surface area contributed by atoms with E-state index < -0.39 is 42.9 Å². The number of aliphatic hydroxyl groups excluding tert-OH is 3. The lowest BCUT2D eigenvalue weighted by Gasteiger charge is -2.44. The van der Waals surface area contributed by atoms with Crippen LogP contribution in [0.25, 0.3) is 0 Å². The fraction of sp³-hybridized carbons (Fsp3) is 0.923. The van der Waals surface area contributed by atoms with Gasteiger partial charge in [0.25, 0.3) is 0 Å². The Balaban J connectivity index is 0.00000361. The highest BCUT2D eigenvalue weighted by molar-refractivity contribution is 5.73. The Hall–Kier alpha value is -0.730. The molecule has 20 heavy (non-hydrogen) atoms. The lowest BCUT2D eigenvalue weighted by molar-refractivity contribution is -0.292. The van der Waals surface area contributed by atoms with Gasteiger partial charge in [-0.3, -0.25) is 4.79 Å². The third-order valence-corrected chi connectivity index (χ3v) is 2.72. The Morgan fingerprint density at radius 3 is 2.25 bits per heavy atom. The molecule has 0 aromatic carbocycles. The molecule has 0 saturated carbocycles. The van der Waals surface area contributed by atoms with Gasteiger partial charge in [0.1, 0.15) is 24.4 Å². The molecule has 7 nitrogen and oxygen atoms in total. The summed E-state index contributed by atoms with van der Waals surface area (Å²) in [5.74, 6) is -0.371. The minimum atomic E-state index is -1.29. The van der Waals surface area contributed by atoms with Crippen LogP contribution in [0.2, 0.25) is 0 Å². The van der Waals surface area contributed by atoms with E-state index in [9.17, 15) is 15.0 Å². The molecule has 0 aromatic heterocycles. The molecule has 1 saturated heterocycles. The largest absolute Gasteiger partial charge is 0.394 e. The van der Waals surface area contributed by atoms with Crippen molar-refractivity contribution in [3.63, 3.8) is 0 Å². The maximum absolute atomic E-state index is 11.2. The summed E-state index contributed by atoms with van der Waals surface area (Å²) < 4.78 is 11.0. The first-order chi connectivity index (χ1) is 8.65. The van der Waals surface area contributed by atoms with Crippen LogP contribution in [-0.4, -0.2) is 64.1 Å². The van der Waals surface area contributed by atoms with Crippen LogP contribution >= 0.6 is 0 Å². The van der Waals surface area contributed by atoms with Gasteiger partial charge in [0.2, 0.25) is 5.91 Å². The van der Waals surface area contributed by atoms with Gasteiger partial charge in [-0.1, -0.05) is 7.43 Å². The summed E-state index contributed by atoms with van der Waals surface area (Å²) in [6.07, 6.45) is -4.46. The normalized spacial score (nSPS) is 34.2. The maximum Gasteiger partial charge on any atom is 0.217 e. The Labute approximate surface area is 119 Å². The molecule has 0 spiro atoms. The summed E-state index contributed by atoms with van der Waals surface area (Å²) in [6, 6.07) is -0.894. The molecule has 7 heteroatoms. The summed E-state index contributed by atoms with van der Waals surface area (Å²) in [7, 11) is 0. The van der Waals surface area contributed by atoms with Crippen molar-refractivity contribution in [2.75, 3.05) is 6.61 Å². The van der Waals surface area contributed by atoms with Crippen LogP contribution in [0, 0.1) is 0 Å². The highest BCUT2D eigenvalue weighted by Gasteiger charge is 2.46. The average Bonchev–Trinajstić information content (AvgIpc) is 2.26. The first-order valence-electron chi connectivity index (χ1n) is 6.23. The summed E-state index contributed by atoms with van der Waals surface area (Å²) in [5.41, 5.74) is -0.566. The molecule has 1 heterocycles. The number of rotatable bonds is 3. The standard InChI is InChI=1S/C12H23NO6.CH4/c1-6(15)13-8-10(17)9(16)7(5-14)18-11(8)19-12(2,3)4;/h7-11,14,16-17H,5H2,1-4H3,(H,13,15);1H4/t7?,8?,9-,10+,11-;/m0./s1. The smallest absolute Gasteiger partial charge is 0.217 e. The van der Waals surface area contributed by atoms with Crippen molar-refractivity contribution in [2.24, 2.45) is 0 Å². The predicted octanol–water partition coefficient (Wildman–Crippen LogP) is -0.619. The molecule has 2 unspecified atom stereocenters. The molecule has 1 aliphatic heterocycles. The Kier molecular flexibility index (Phi) is 7.06. The van der Waals surface area contributed by atoms with E-state index in [1.165, 1.54) is 6.92 Å². The van der Waals surface area contributed by atoms with E-state index >= 15 is 0 Å². The van der Waals surface area contributed by atoms with Gasteiger partial charge >= 0.3 is 0 Å². The van der Waals surface area contributed by atoms with Crippen LogP contribution in [0.1, 0.15) is 35.1 Å². The molecule has 1 fully saturated rings. The molecule has 0 radical (unpaired) electrons. The molecule has 0 aromatic rings. The third kappa shape index (κ3) is 4.99. The van der Waals surface area contributed by atoms with Gasteiger partial charge in [-0.15, -0.1) is 0 Å². The second-order valence-electron chi connectivity index (χ2n) is 5.66. The molecule has 1 aliphatic rings. The molecule has 0 aliphatic carbocycles. The summed E-state index contributed by atoms with van der Waals surface area (Å²) in [4.78, 5) is 11.2. The number of nitrogens with one attached hydrogen (secondary N) is 1. The predicted molar refractivity (Wildman–Crippen MR) is 72.9 cm³/mol. The summed E-state index contributed by atoms with van der Waals surface area (Å²) >= 11 is 0. The number of aliphatic hydroxyl groups is 3. The van der Waals surface area contributed by atoms with Gasteiger partial charge in [-0.2, -0.15) is 0 Å². The van der Waals surface area contributed by atoms with Gasteiger partial charge < -0.3 is 30.1 Å².